The van der Waals surface area contributed by atoms with Gasteiger partial charge in [-0.1, -0.05) is 12.2 Å². The largest absolute Gasteiger partial charge is 2.00 e. The molecule has 0 aromatic rings. The first-order chi connectivity index (χ1) is 10.0. The van der Waals surface area contributed by atoms with Crippen molar-refractivity contribution < 1.29 is 59.7 Å². The van der Waals surface area contributed by atoms with Gasteiger partial charge in [-0.15, -0.1) is 13.2 Å². The molecule has 128 valence electrons. The fourth-order valence-corrected chi connectivity index (χ4v) is 1.19. The number of aliphatic hydroxyl groups is 4. The minimum atomic E-state index is -2.69. The second-order valence-corrected chi connectivity index (χ2v) is 4.57. The first kappa shape index (κ1) is 26.8. The Morgan fingerprint density at radius 2 is 1.09 bits per heavy atom. The van der Waals surface area contributed by atoms with Crippen molar-refractivity contribution in [1.29, 1.82) is 0 Å². The Labute approximate surface area is 147 Å². The van der Waals surface area contributed by atoms with E-state index in [0.717, 1.165) is 0 Å². The molecular weight excluding hydrogens is 362 g/mol. The van der Waals surface area contributed by atoms with Gasteiger partial charge in [0.2, 0.25) is 11.6 Å². The van der Waals surface area contributed by atoms with E-state index in [2.05, 4.69) is 13.2 Å². The van der Waals surface area contributed by atoms with Crippen molar-refractivity contribution in [3.8, 4) is 0 Å². The summed E-state index contributed by atoms with van der Waals surface area (Å²) >= 11 is 0. The minimum Gasteiger partial charge on any atom is -0.544 e. The van der Waals surface area contributed by atoms with Crippen molar-refractivity contribution in [2.24, 2.45) is 0 Å². The Hall–Kier alpha value is -1.12. The van der Waals surface area contributed by atoms with Crippen molar-refractivity contribution >= 4 is 11.9 Å². The molecule has 0 atom stereocenters. The van der Waals surface area contributed by atoms with E-state index >= 15 is 0 Å². The quantitative estimate of drug-likeness (QED) is 0.140. The van der Waals surface area contributed by atoms with Crippen LogP contribution >= 0.6 is 0 Å². The van der Waals surface area contributed by atoms with Crippen LogP contribution in [0.2, 0.25) is 0 Å². The van der Waals surface area contributed by atoms with Crippen LogP contribution in [0.1, 0.15) is 38.5 Å². The minimum absolute atomic E-state index is 0. The summed E-state index contributed by atoms with van der Waals surface area (Å²) in [5.41, 5.74) is 0. The summed E-state index contributed by atoms with van der Waals surface area (Å²) in [7, 11) is 0. The molecule has 0 heterocycles. The Balaban J connectivity index is -0.000000333. The molecule has 0 amide bonds. The summed E-state index contributed by atoms with van der Waals surface area (Å²) in [5.74, 6) is -9.10. The van der Waals surface area contributed by atoms with Crippen molar-refractivity contribution in [3.63, 3.8) is 0 Å². The molecule has 8 nitrogen and oxygen atoms in total. The standard InChI is InChI=1S/2C7H12O4.Zn/c2*1-2-3-4-5-7(10,11)6(8)9;/h2*2,10-11H,1,3-5H2,(H,8,9);/q;;+2/p-2. The van der Waals surface area contributed by atoms with Gasteiger partial charge in [0.25, 0.3) is 0 Å². The molecule has 0 aliphatic rings. The molecule has 0 rings (SSSR count). The molecule has 0 aliphatic carbocycles. The summed E-state index contributed by atoms with van der Waals surface area (Å²) < 4.78 is 0. The Morgan fingerprint density at radius 1 is 0.826 bits per heavy atom. The number of carboxylic acid groups (broad SMARTS) is 2. The molecule has 23 heavy (non-hydrogen) atoms. The molecule has 0 spiro atoms. The van der Waals surface area contributed by atoms with Crippen molar-refractivity contribution in [1.82, 2.24) is 0 Å². The van der Waals surface area contributed by atoms with Crippen molar-refractivity contribution in [3.05, 3.63) is 25.3 Å². The molecule has 0 aliphatic heterocycles. The number of rotatable bonds is 10. The third-order valence-electron chi connectivity index (χ3n) is 2.52. The molecule has 0 saturated heterocycles. The SMILES string of the molecule is C=CCCCC(O)(O)C(=O)[O-].C=CCCCC(O)(O)C(=O)[O-].[Zn+2]. The average Bonchev–Trinajstić information content (AvgIpc) is 2.39. The fourth-order valence-electron chi connectivity index (χ4n) is 1.19. The summed E-state index contributed by atoms with van der Waals surface area (Å²) in [6.45, 7) is 6.80. The summed E-state index contributed by atoms with van der Waals surface area (Å²) in [6, 6.07) is 0. The number of unbranched alkanes of at least 4 members (excludes halogenated alkanes) is 2. The molecule has 0 unspecified atom stereocenters. The van der Waals surface area contributed by atoms with Crippen LogP contribution in [-0.2, 0) is 29.1 Å². The van der Waals surface area contributed by atoms with Crippen LogP contribution in [-0.4, -0.2) is 43.9 Å². The van der Waals surface area contributed by atoms with Gasteiger partial charge in [0.1, 0.15) is 11.9 Å². The van der Waals surface area contributed by atoms with E-state index in [1.54, 1.807) is 12.2 Å². The van der Waals surface area contributed by atoms with Gasteiger partial charge < -0.3 is 40.2 Å². The van der Waals surface area contributed by atoms with E-state index in [4.69, 9.17) is 20.4 Å². The zero-order valence-electron chi connectivity index (χ0n) is 12.9. The summed E-state index contributed by atoms with van der Waals surface area (Å²) in [5, 5.41) is 54.7. The van der Waals surface area contributed by atoms with Gasteiger partial charge >= 0.3 is 19.5 Å². The van der Waals surface area contributed by atoms with E-state index in [9.17, 15) is 19.8 Å². The van der Waals surface area contributed by atoms with Gasteiger partial charge in [-0.2, -0.15) is 0 Å². The van der Waals surface area contributed by atoms with Gasteiger partial charge in [-0.3, -0.25) is 0 Å². The van der Waals surface area contributed by atoms with Gasteiger partial charge in [0.15, 0.2) is 0 Å². The van der Waals surface area contributed by atoms with Gasteiger partial charge in [-0.25, -0.2) is 0 Å². The normalized spacial score (nSPS) is 10.6. The van der Waals surface area contributed by atoms with Crippen molar-refractivity contribution in [2.45, 2.75) is 50.1 Å². The molecule has 9 heteroatoms. The monoisotopic (exact) mass is 382 g/mol. The molecular formula is C14H22O8Zn. The van der Waals surface area contributed by atoms with E-state index in [1.807, 2.05) is 0 Å². The van der Waals surface area contributed by atoms with Crippen molar-refractivity contribution in [2.75, 3.05) is 0 Å². The molecule has 0 fully saturated rings. The van der Waals surface area contributed by atoms with Crippen LogP contribution in [0.4, 0.5) is 0 Å². The maximum atomic E-state index is 9.98. The molecule has 4 N–H and O–H groups in total. The number of carbonyl (C=O) groups is 2. The topological polar surface area (TPSA) is 161 Å². The van der Waals surface area contributed by atoms with Crippen LogP contribution in [0.3, 0.4) is 0 Å². The number of carboxylic acids is 2. The number of allylic oxidation sites excluding steroid dienone is 2. The third kappa shape index (κ3) is 14.2. The predicted molar refractivity (Wildman–Crippen MR) is 72.4 cm³/mol. The average molecular weight is 384 g/mol. The Morgan fingerprint density at radius 3 is 1.26 bits per heavy atom. The van der Waals surface area contributed by atoms with E-state index in [1.165, 1.54) is 0 Å². The maximum absolute atomic E-state index is 9.98. The molecule has 0 aromatic carbocycles. The maximum Gasteiger partial charge on any atom is 2.00 e. The zero-order chi connectivity index (χ0) is 17.8. The molecule has 0 aromatic heterocycles. The number of carbonyl (C=O) groups excluding carboxylic acids is 2. The van der Waals surface area contributed by atoms with Gasteiger partial charge in [0.05, 0.1) is 0 Å². The van der Waals surface area contributed by atoms with Gasteiger partial charge in [-0.05, 0) is 25.7 Å². The summed E-state index contributed by atoms with van der Waals surface area (Å²) in [6.07, 6.45) is 4.51. The van der Waals surface area contributed by atoms with E-state index in [0.29, 0.717) is 25.7 Å². The van der Waals surface area contributed by atoms with Crippen LogP contribution in [0.25, 0.3) is 0 Å². The fraction of sp³-hybridized carbons (Fsp3) is 0.571. The van der Waals surface area contributed by atoms with Crippen LogP contribution in [0.5, 0.6) is 0 Å². The van der Waals surface area contributed by atoms with E-state index in [-0.39, 0.29) is 32.3 Å². The number of hydrogen-bond acceptors (Lipinski definition) is 8. The molecule has 0 bridgehead atoms. The summed E-state index contributed by atoms with van der Waals surface area (Å²) in [4.78, 5) is 20.0. The smallest absolute Gasteiger partial charge is 0.544 e. The zero-order valence-corrected chi connectivity index (χ0v) is 15.9. The van der Waals surface area contributed by atoms with Crippen LogP contribution in [0.15, 0.2) is 25.3 Å². The second-order valence-electron chi connectivity index (χ2n) is 4.57. The number of hydrogen-bond donors (Lipinski definition) is 4. The van der Waals surface area contributed by atoms with Gasteiger partial charge in [0, 0.05) is 12.8 Å². The first-order valence-corrected chi connectivity index (χ1v) is 6.55. The predicted octanol–water partition coefficient (Wildman–Crippen LogP) is -2.46. The first-order valence-electron chi connectivity index (χ1n) is 6.55. The van der Waals surface area contributed by atoms with Crippen LogP contribution < -0.4 is 10.2 Å². The molecule has 0 saturated carbocycles. The van der Waals surface area contributed by atoms with Crippen LogP contribution in [0, 0.1) is 0 Å². The number of aliphatic carboxylic acids is 2. The molecule has 0 radical (unpaired) electrons. The second kappa shape index (κ2) is 13.3. The Bertz CT molecular complexity index is 343. The Kier molecular flexibility index (Phi) is 15.5. The third-order valence-corrected chi connectivity index (χ3v) is 2.52. The van der Waals surface area contributed by atoms with E-state index < -0.39 is 23.5 Å².